The largest absolute Gasteiger partial charge is 0.349 e. The number of sulfone groups is 1. The summed E-state index contributed by atoms with van der Waals surface area (Å²) in [4.78, 5) is 12.7. The molecule has 0 aromatic heterocycles. The second kappa shape index (κ2) is 10.7. The average molecular weight is 501 g/mol. The lowest BCUT2D eigenvalue weighted by Gasteiger charge is -2.25. The highest BCUT2D eigenvalue weighted by atomic mass is 35.5. The van der Waals surface area contributed by atoms with Crippen LogP contribution in [0.1, 0.15) is 43.4 Å². The van der Waals surface area contributed by atoms with Gasteiger partial charge in [0.25, 0.3) is 0 Å². The second-order valence-corrected chi connectivity index (χ2v) is 12.0. The quantitative estimate of drug-likeness (QED) is 0.533. The van der Waals surface area contributed by atoms with Gasteiger partial charge in [0.05, 0.1) is 22.9 Å². The van der Waals surface area contributed by atoms with Crippen molar-refractivity contribution in [2.45, 2.75) is 44.0 Å². The number of hydrogen-bond donors (Lipinski definition) is 1. The zero-order chi connectivity index (χ0) is 24.1. The highest BCUT2D eigenvalue weighted by molar-refractivity contribution is 7.92. The average Bonchev–Trinajstić information content (AvgIpc) is 2.70. The van der Waals surface area contributed by atoms with Crippen LogP contribution in [0, 0.1) is 6.92 Å². The van der Waals surface area contributed by atoms with Gasteiger partial charge in [-0.25, -0.2) is 16.8 Å². The molecule has 0 unspecified atom stereocenters. The Kier molecular flexibility index (Phi) is 8.73. The Labute approximate surface area is 195 Å². The van der Waals surface area contributed by atoms with Crippen molar-refractivity contribution >= 4 is 43.1 Å². The van der Waals surface area contributed by atoms with E-state index in [0.29, 0.717) is 29.1 Å². The van der Waals surface area contributed by atoms with E-state index in [1.165, 1.54) is 16.4 Å². The van der Waals surface area contributed by atoms with Gasteiger partial charge in [0.2, 0.25) is 15.9 Å². The number of carbonyl (C=O) groups excluding carboxylic acids is 1. The zero-order valence-corrected chi connectivity index (χ0v) is 21.0. The van der Waals surface area contributed by atoms with Crippen LogP contribution in [0.2, 0.25) is 5.02 Å². The van der Waals surface area contributed by atoms with Gasteiger partial charge in [0, 0.05) is 24.2 Å². The van der Waals surface area contributed by atoms with Crippen LogP contribution in [0.5, 0.6) is 0 Å². The number of hydrogen-bond acceptors (Lipinski definition) is 5. The maximum absolute atomic E-state index is 12.5. The molecule has 0 aliphatic heterocycles. The van der Waals surface area contributed by atoms with E-state index in [1.54, 1.807) is 37.3 Å². The minimum absolute atomic E-state index is 0.142. The lowest BCUT2D eigenvalue weighted by molar-refractivity contribution is -0.121. The topological polar surface area (TPSA) is 101 Å². The molecule has 0 aliphatic carbocycles. The summed E-state index contributed by atoms with van der Waals surface area (Å²) in [5.41, 5.74) is 1.96. The first-order valence-electron chi connectivity index (χ1n) is 10.2. The molecule has 0 spiro atoms. The lowest BCUT2D eigenvalue weighted by Crippen LogP contribution is -2.33. The van der Waals surface area contributed by atoms with Crippen LogP contribution in [0.4, 0.5) is 5.69 Å². The van der Waals surface area contributed by atoms with Gasteiger partial charge < -0.3 is 5.32 Å². The molecule has 0 saturated carbocycles. The van der Waals surface area contributed by atoms with Crippen LogP contribution in [0.25, 0.3) is 0 Å². The standard InChI is InChI=1S/C22H29ClN2O5S2/c1-5-20(17-11-13-18(14-12-17)31(3,27)28)24-22(26)10-7-15-25(32(4,29)30)21-9-6-8-19(23)16(21)2/h6,8-9,11-14,20H,5,7,10,15H2,1-4H3,(H,24,26)/t20-/m0/s1. The van der Waals surface area contributed by atoms with E-state index in [0.717, 1.165) is 18.1 Å². The molecule has 0 radical (unpaired) electrons. The van der Waals surface area contributed by atoms with E-state index < -0.39 is 19.9 Å². The molecule has 0 heterocycles. The fourth-order valence-corrected chi connectivity index (χ4v) is 5.17. The molecule has 2 aromatic rings. The number of sulfonamides is 1. The van der Waals surface area contributed by atoms with Crippen LogP contribution >= 0.6 is 11.6 Å². The molecule has 0 saturated heterocycles. The maximum atomic E-state index is 12.5. The predicted molar refractivity (Wildman–Crippen MR) is 128 cm³/mol. The van der Waals surface area contributed by atoms with Crippen molar-refractivity contribution in [3.63, 3.8) is 0 Å². The number of nitrogens with zero attached hydrogens (tertiary/aromatic N) is 1. The monoisotopic (exact) mass is 500 g/mol. The molecule has 1 N–H and O–H groups in total. The van der Waals surface area contributed by atoms with Gasteiger partial charge in [0.15, 0.2) is 9.84 Å². The second-order valence-electron chi connectivity index (χ2n) is 7.69. The Bertz CT molecular complexity index is 1160. The van der Waals surface area contributed by atoms with Gasteiger partial charge in [0.1, 0.15) is 0 Å². The van der Waals surface area contributed by atoms with E-state index in [9.17, 15) is 21.6 Å². The zero-order valence-electron chi connectivity index (χ0n) is 18.6. The highest BCUT2D eigenvalue weighted by Crippen LogP contribution is 2.28. The minimum Gasteiger partial charge on any atom is -0.349 e. The van der Waals surface area contributed by atoms with E-state index >= 15 is 0 Å². The smallest absolute Gasteiger partial charge is 0.232 e. The molecular weight excluding hydrogens is 472 g/mol. The molecule has 7 nitrogen and oxygen atoms in total. The first-order valence-corrected chi connectivity index (χ1v) is 14.3. The number of nitrogens with one attached hydrogen (secondary N) is 1. The maximum Gasteiger partial charge on any atom is 0.232 e. The van der Waals surface area contributed by atoms with Crippen LogP contribution < -0.4 is 9.62 Å². The molecule has 0 bridgehead atoms. The third-order valence-corrected chi connectivity index (χ3v) is 7.85. The third kappa shape index (κ3) is 6.95. The molecule has 1 amide bonds. The van der Waals surface area contributed by atoms with Crippen molar-refractivity contribution in [1.82, 2.24) is 5.32 Å². The Morgan fingerprint density at radius 1 is 1.06 bits per heavy atom. The van der Waals surface area contributed by atoms with Crippen LogP contribution in [-0.2, 0) is 24.7 Å². The summed E-state index contributed by atoms with van der Waals surface area (Å²) in [5.74, 6) is -0.208. The molecule has 10 heteroatoms. The summed E-state index contributed by atoms with van der Waals surface area (Å²) < 4.78 is 49.1. The van der Waals surface area contributed by atoms with E-state index in [1.807, 2.05) is 6.92 Å². The van der Waals surface area contributed by atoms with Gasteiger partial charge in [-0.15, -0.1) is 0 Å². The summed E-state index contributed by atoms with van der Waals surface area (Å²) in [6.07, 6.45) is 3.37. The van der Waals surface area contributed by atoms with Crippen LogP contribution in [0.15, 0.2) is 47.4 Å². The molecular formula is C22H29ClN2O5S2. The van der Waals surface area contributed by atoms with E-state index in [4.69, 9.17) is 11.6 Å². The van der Waals surface area contributed by atoms with Crippen molar-refractivity contribution in [2.24, 2.45) is 0 Å². The van der Waals surface area contributed by atoms with Crippen molar-refractivity contribution in [3.8, 4) is 0 Å². The summed E-state index contributed by atoms with van der Waals surface area (Å²) in [7, 11) is -6.83. The van der Waals surface area contributed by atoms with Crippen molar-refractivity contribution < 1.29 is 21.6 Å². The highest BCUT2D eigenvalue weighted by Gasteiger charge is 2.21. The number of carbonyl (C=O) groups is 1. The minimum atomic E-state index is -3.55. The molecule has 176 valence electrons. The van der Waals surface area contributed by atoms with E-state index in [2.05, 4.69) is 5.32 Å². The van der Waals surface area contributed by atoms with Crippen LogP contribution in [-0.4, -0.2) is 41.8 Å². The number of rotatable bonds is 10. The number of anilines is 1. The third-order valence-electron chi connectivity index (χ3n) is 5.13. The van der Waals surface area contributed by atoms with Crippen molar-refractivity contribution in [2.75, 3.05) is 23.4 Å². The molecule has 0 aliphatic rings. The molecule has 2 aromatic carbocycles. The molecule has 2 rings (SSSR count). The van der Waals surface area contributed by atoms with Gasteiger partial charge in [-0.3, -0.25) is 9.10 Å². The predicted octanol–water partition coefficient (Wildman–Crippen LogP) is 3.87. The summed E-state index contributed by atoms with van der Waals surface area (Å²) in [5, 5.41) is 3.41. The Hall–Kier alpha value is -2.10. The first kappa shape index (κ1) is 26.2. The number of amides is 1. The molecule has 32 heavy (non-hydrogen) atoms. The number of benzene rings is 2. The molecule has 1 atom stereocenters. The Morgan fingerprint density at radius 2 is 1.69 bits per heavy atom. The summed E-state index contributed by atoms with van der Waals surface area (Å²) in [6, 6.07) is 11.2. The number of halogens is 1. The fourth-order valence-electron chi connectivity index (χ4n) is 3.35. The Morgan fingerprint density at radius 3 is 2.22 bits per heavy atom. The SMILES string of the molecule is CC[C@H](NC(=O)CCCN(c1cccc(Cl)c1C)S(C)(=O)=O)c1ccc(S(C)(=O)=O)cc1. The van der Waals surface area contributed by atoms with Gasteiger partial charge in [-0.1, -0.05) is 36.7 Å². The summed E-state index contributed by atoms with van der Waals surface area (Å²) in [6.45, 7) is 3.82. The first-order chi connectivity index (χ1) is 14.8. The lowest BCUT2D eigenvalue weighted by atomic mass is 10.0. The molecule has 0 fully saturated rings. The normalized spacial score (nSPS) is 12.9. The fraction of sp³-hybridized carbons (Fsp3) is 0.409. The Balaban J connectivity index is 2.03. The van der Waals surface area contributed by atoms with Gasteiger partial charge >= 0.3 is 0 Å². The summed E-state index contributed by atoms with van der Waals surface area (Å²) >= 11 is 6.14. The van der Waals surface area contributed by atoms with Crippen LogP contribution in [0.3, 0.4) is 0 Å². The van der Waals surface area contributed by atoms with Gasteiger partial charge in [-0.2, -0.15) is 0 Å². The van der Waals surface area contributed by atoms with Crippen molar-refractivity contribution in [1.29, 1.82) is 0 Å². The van der Waals surface area contributed by atoms with Gasteiger partial charge in [-0.05, 0) is 55.2 Å². The van der Waals surface area contributed by atoms with E-state index in [-0.39, 0.29) is 29.8 Å². The van der Waals surface area contributed by atoms with Crippen molar-refractivity contribution in [3.05, 3.63) is 58.6 Å².